The topological polar surface area (TPSA) is 43.4 Å². The quantitative estimate of drug-likeness (QED) is 0.890. The molecule has 0 saturated carbocycles. The lowest BCUT2D eigenvalue weighted by atomic mass is 10.0. The monoisotopic (exact) mass is 250 g/mol. The second-order valence-corrected chi connectivity index (χ2v) is 5.49. The summed E-state index contributed by atoms with van der Waals surface area (Å²) < 4.78 is 10.9. The van der Waals surface area contributed by atoms with E-state index in [4.69, 9.17) is 9.47 Å². The number of ether oxygens (including phenoxy) is 2. The predicted octanol–water partition coefficient (Wildman–Crippen LogP) is 2.31. The van der Waals surface area contributed by atoms with Crippen molar-refractivity contribution in [2.75, 3.05) is 13.7 Å². The molecule has 18 heavy (non-hydrogen) atoms. The van der Waals surface area contributed by atoms with Crippen molar-refractivity contribution >= 4 is 0 Å². The molecule has 2 heterocycles. The molecule has 0 aliphatic carbocycles. The molecule has 0 aromatic carbocycles. The third-order valence-electron chi connectivity index (χ3n) is 3.37. The molecule has 1 N–H and O–H groups in total. The van der Waals surface area contributed by atoms with Gasteiger partial charge in [-0.2, -0.15) is 0 Å². The molecule has 4 nitrogen and oxygen atoms in total. The van der Waals surface area contributed by atoms with E-state index in [0.29, 0.717) is 11.9 Å². The first-order chi connectivity index (χ1) is 8.50. The van der Waals surface area contributed by atoms with Gasteiger partial charge < -0.3 is 14.8 Å². The van der Waals surface area contributed by atoms with Crippen molar-refractivity contribution in [2.45, 2.75) is 44.9 Å². The van der Waals surface area contributed by atoms with E-state index < -0.39 is 0 Å². The summed E-state index contributed by atoms with van der Waals surface area (Å²) in [7, 11) is 1.64. The van der Waals surface area contributed by atoms with Crippen molar-refractivity contribution in [3.05, 3.63) is 23.9 Å². The van der Waals surface area contributed by atoms with Crippen LogP contribution in [0.5, 0.6) is 5.88 Å². The highest BCUT2D eigenvalue weighted by atomic mass is 16.5. The van der Waals surface area contributed by atoms with Crippen molar-refractivity contribution in [1.82, 2.24) is 10.3 Å². The molecule has 1 aliphatic rings. The van der Waals surface area contributed by atoms with Crippen LogP contribution in [0.1, 0.15) is 38.8 Å². The normalized spacial score (nSPS) is 23.9. The Labute approximate surface area is 109 Å². The summed E-state index contributed by atoms with van der Waals surface area (Å²) >= 11 is 0. The standard InChI is InChI=1S/C14H22N2O2/c1-10(11-5-6-15-13(7-11)17-4)16-12-8-14(2,3)18-9-12/h5-7,10,12,16H,8-9H2,1-4H3. The smallest absolute Gasteiger partial charge is 0.213 e. The minimum Gasteiger partial charge on any atom is -0.481 e. The molecule has 1 fully saturated rings. The third-order valence-corrected chi connectivity index (χ3v) is 3.37. The van der Waals surface area contributed by atoms with Gasteiger partial charge in [-0.05, 0) is 38.8 Å². The van der Waals surface area contributed by atoms with E-state index >= 15 is 0 Å². The lowest BCUT2D eigenvalue weighted by Crippen LogP contribution is -2.32. The zero-order valence-corrected chi connectivity index (χ0v) is 11.6. The predicted molar refractivity (Wildman–Crippen MR) is 70.8 cm³/mol. The Kier molecular flexibility index (Phi) is 3.88. The van der Waals surface area contributed by atoms with Gasteiger partial charge in [0.2, 0.25) is 5.88 Å². The number of nitrogens with one attached hydrogen (secondary N) is 1. The number of nitrogens with zero attached hydrogens (tertiary/aromatic N) is 1. The van der Waals surface area contributed by atoms with Crippen LogP contribution in [0.4, 0.5) is 0 Å². The highest BCUT2D eigenvalue weighted by Crippen LogP contribution is 2.26. The Morgan fingerprint density at radius 3 is 2.94 bits per heavy atom. The Hall–Kier alpha value is -1.13. The van der Waals surface area contributed by atoms with Crippen molar-refractivity contribution in [3.63, 3.8) is 0 Å². The van der Waals surface area contributed by atoms with Gasteiger partial charge in [0.25, 0.3) is 0 Å². The molecule has 1 aromatic rings. The number of methoxy groups -OCH3 is 1. The van der Waals surface area contributed by atoms with Gasteiger partial charge in [0.15, 0.2) is 0 Å². The van der Waals surface area contributed by atoms with Crippen LogP contribution < -0.4 is 10.1 Å². The van der Waals surface area contributed by atoms with Crippen LogP contribution >= 0.6 is 0 Å². The Morgan fingerprint density at radius 2 is 2.33 bits per heavy atom. The number of hydrogen-bond acceptors (Lipinski definition) is 4. The van der Waals surface area contributed by atoms with Gasteiger partial charge in [0, 0.05) is 24.3 Å². The van der Waals surface area contributed by atoms with E-state index in [-0.39, 0.29) is 11.6 Å². The van der Waals surface area contributed by atoms with E-state index in [9.17, 15) is 0 Å². The minimum absolute atomic E-state index is 0.00663. The second-order valence-electron chi connectivity index (χ2n) is 5.49. The Morgan fingerprint density at radius 1 is 1.56 bits per heavy atom. The lowest BCUT2D eigenvalue weighted by Gasteiger charge is -2.20. The molecule has 4 heteroatoms. The van der Waals surface area contributed by atoms with Crippen LogP contribution in [-0.4, -0.2) is 30.3 Å². The van der Waals surface area contributed by atoms with Crippen LogP contribution in [-0.2, 0) is 4.74 Å². The highest BCUT2D eigenvalue weighted by molar-refractivity contribution is 5.23. The molecule has 0 amide bonds. The maximum Gasteiger partial charge on any atom is 0.213 e. The summed E-state index contributed by atoms with van der Waals surface area (Å²) in [4.78, 5) is 4.12. The lowest BCUT2D eigenvalue weighted by molar-refractivity contribution is 0.0356. The zero-order chi connectivity index (χ0) is 13.2. The molecule has 0 bridgehead atoms. The van der Waals surface area contributed by atoms with Gasteiger partial charge in [0.05, 0.1) is 19.3 Å². The van der Waals surface area contributed by atoms with Crippen molar-refractivity contribution in [3.8, 4) is 5.88 Å². The fraction of sp³-hybridized carbons (Fsp3) is 0.643. The number of rotatable bonds is 4. The highest BCUT2D eigenvalue weighted by Gasteiger charge is 2.32. The van der Waals surface area contributed by atoms with Crippen molar-refractivity contribution in [1.29, 1.82) is 0 Å². The van der Waals surface area contributed by atoms with Crippen molar-refractivity contribution in [2.24, 2.45) is 0 Å². The summed E-state index contributed by atoms with van der Waals surface area (Å²) in [6.45, 7) is 7.20. The van der Waals surface area contributed by atoms with Crippen molar-refractivity contribution < 1.29 is 9.47 Å². The van der Waals surface area contributed by atoms with Gasteiger partial charge in [0.1, 0.15) is 0 Å². The van der Waals surface area contributed by atoms with Crippen LogP contribution in [0.15, 0.2) is 18.3 Å². The average molecular weight is 250 g/mol. The summed E-state index contributed by atoms with van der Waals surface area (Å²) in [6.07, 6.45) is 2.82. The third kappa shape index (κ3) is 3.21. The van der Waals surface area contributed by atoms with Gasteiger partial charge >= 0.3 is 0 Å². The number of pyridine rings is 1. The first-order valence-electron chi connectivity index (χ1n) is 6.40. The van der Waals surface area contributed by atoms with E-state index in [2.05, 4.69) is 31.1 Å². The molecule has 1 aliphatic heterocycles. The van der Waals surface area contributed by atoms with Gasteiger partial charge in [-0.15, -0.1) is 0 Å². The van der Waals surface area contributed by atoms with Gasteiger partial charge in [-0.25, -0.2) is 4.98 Å². The Balaban J connectivity index is 1.97. The average Bonchev–Trinajstić information content (AvgIpc) is 2.68. The molecular formula is C14H22N2O2. The summed E-state index contributed by atoms with van der Waals surface area (Å²) in [6, 6.07) is 4.67. The maximum absolute atomic E-state index is 5.74. The van der Waals surface area contributed by atoms with Gasteiger partial charge in [-0.1, -0.05) is 0 Å². The van der Waals surface area contributed by atoms with E-state index in [1.807, 2.05) is 12.1 Å². The molecule has 0 spiro atoms. The maximum atomic E-state index is 5.74. The molecule has 1 aromatic heterocycles. The molecule has 2 atom stereocenters. The first-order valence-corrected chi connectivity index (χ1v) is 6.40. The van der Waals surface area contributed by atoms with Crippen LogP contribution in [0.2, 0.25) is 0 Å². The molecule has 2 unspecified atom stereocenters. The van der Waals surface area contributed by atoms with Crippen LogP contribution in [0.3, 0.4) is 0 Å². The summed E-state index contributed by atoms with van der Waals surface area (Å²) in [5.74, 6) is 0.657. The molecule has 1 saturated heterocycles. The van der Waals surface area contributed by atoms with E-state index in [1.165, 1.54) is 5.56 Å². The molecular weight excluding hydrogens is 228 g/mol. The largest absolute Gasteiger partial charge is 0.481 e. The Bertz CT molecular complexity index is 407. The fourth-order valence-corrected chi connectivity index (χ4v) is 2.40. The zero-order valence-electron chi connectivity index (χ0n) is 11.6. The number of aromatic nitrogens is 1. The fourth-order valence-electron chi connectivity index (χ4n) is 2.40. The van der Waals surface area contributed by atoms with Crippen LogP contribution in [0.25, 0.3) is 0 Å². The number of hydrogen-bond donors (Lipinski definition) is 1. The second kappa shape index (κ2) is 5.24. The molecule has 0 radical (unpaired) electrons. The molecule has 2 rings (SSSR count). The summed E-state index contributed by atoms with van der Waals surface area (Å²) in [5.41, 5.74) is 1.18. The van der Waals surface area contributed by atoms with Gasteiger partial charge in [-0.3, -0.25) is 0 Å². The van der Waals surface area contributed by atoms with E-state index in [0.717, 1.165) is 13.0 Å². The first kappa shape index (κ1) is 13.3. The SMILES string of the molecule is COc1cc(C(C)NC2COC(C)(C)C2)ccn1. The minimum atomic E-state index is -0.00663. The van der Waals surface area contributed by atoms with E-state index in [1.54, 1.807) is 13.3 Å². The summed E-state index contributed by atoms with van der Waals surface area (Å²) in [5, 5.41) is 3.59. The molecule has 100 valence electrons. The van der Waals surface area contributed by atoms with Crippen LogP contribution in [0, 0.1) is 0 Å².